The van der Waals surface area contributed by atoms with E-state index in [9.17, 15) is 8.42 Å². The molecule has 0 aliphatic rings. The molecule has 0 radical (unpaired) electrons. The molecule has 21 heavy (non-hydrogen) atoms. The van der Waals surface area contributed by atoms with Crippen LogP contribution in [0.5, 0.6) is 0 Å². The molecule has 2 aromatic rings. The van der Waals surface area contributed by atoms with Gasteiger partial charge in [-0.05, 0) is 23.8 Å². The molecule has 0 unspecified atom stereocenters. The lowest BCUT2D eigenvalue weighted by Crippen LogP contribution is -2.23. The van der Waals surface area contributed by atoms with Gasteiger partial charge in [0.05, 0.1) is 5.02 Å². The van der Waals surface area contributed by atoms with Crippen molar-refractivity contribution in [1.82, 2.24) is 9.71 Å². The summed E-state index contributed by atoms with van der Waals surface area (Å²) in [6.45, 7) is 0.195. The third-order valence-electron chi connectivity index (χ3n) is 2.74. The van der Waals surface area contributed by atoms with Gasteiger partial charge in [0.15, 0.2) is 0 Å². The normalized spacial score (nSPS) is 11.4. The summed E-state index contributed by atoms with van der Waals surface area (Å²) in [5, 5.41) is 3.03. The third-order valence-corrected chi connectivity index (χ3v) is 4.93. The van der Waals surface area contributed by atoms with Gasteiger partial charge in [-0.3, -0.25) is 0 Å². The van der Waals surface area contributed by atoms with E-state index in [1.807, 2.05) is 24.3 Å². The van der Waals surface area contributed by atoms with Gasteiger partial charge in [-0.2, -0.15) is 0 Å². The second-order valence-corrected chi connectivity index (χ2v) is 7.29. The van der Waals surface area contributed by atoms with E-state index in [1.165, 1.54) is 12.3 Å². The topological polar surface area (TPSA) is 71.1 Å². The standard InChI is InChI=1S/C13H13BrClN3O2S/c1-16-13-12(15)6-11(8-17-13)21(19,20)18-7-9-2-4-10(14)5-3-9/h2-6,8,18H,7H2,1H3,(H,16,17). The van der Waals surface area contributed by atoms with Crippen molar-refractivity contribution in [3.63, 3.8) is 0 Å². The van der Waals surface area contributed by atoms with Gasteiger partial charge in [0.25, 0.3) is 0 Å². The Labute approximate surface area is 136 Å². The number of nitrogens with zero attached hydrogens (tertiary/aromatic N) is 1. The molecule has 0 saturated heterocycles. The van der Waals surface area contributed by atoms with Crippen LogP contribution >= 0.6 is 27.5 Å². The van der Waals surface area contributed by atoms with Crippen molar-refractivity contribution in [2.24, 2.45) is 0 Å². The van der Waals surface area contributed by atoms with E-state index in [0.717, 1.165) is 10.0 Å². The molecule has 1 heterocycles. The summed E-state index contributed by atoms with van der Waals surface area (Å²) < 4.78 is 27.8. The number of rotatable bonds is 5. The second-order valence-electron chi connectivity index (χ2n) is 4.20. The smallest absolute Gasteiger partial charge is 0.242 e. The lowest BCUT2D eigenvalue weighted by atomic mass is 10.2. The molecular weight excluding hydrogens is 378 g/mol. The van der Waals surface area contributed by atoms with Crippen LogP contribution in [-0.4, -0.2) is 20.4 Å². The highest BCUT2D eigenvalue weighted by molar-refractivity contribution is 9.10. The summed E-state index contributed by atoms with van der Waals surface area (Å²) in [5.74, 6) is 0.434. The highest BCUT2D eigenvalue weighted by Gasteiger charge is 2.16. The predicted octanol–water partition coefficient (Wildman–Crippen LogP) is 3.02. The van der Waals surface area contributed by atoms with Crippen molar-refractivity contribution >= 4 is 43.4 Å². The minimum absolute atomic E-state index is 0.0311. The fraction of sp³-hybridized carbons (Fsp3) is 0.154. The Morgan fingerprint density at radius 2 is 1.95 bits per heavy atom. The molecule has 0 spiro atoms. The van der Waals surface area contributed by atoms with E-state index in [2.05, 4.69) is 31.0 Å². The summed E-state index contributed by atoms with van der Waals surface area (Å²) in [6, 6.07) is 8.74. The first-order valence-corrected chi connectivity index (χ1v) is 8.65. The maximum Gasteiger partial charge on any atom is 0.242 e. The molecule has 0 aliphatic heterocycles. The van der Waals surface area contributed by atoms with Gasteiger partial charge < -0.3 is 5.32 Å². The highest BCUT2D eigenvalue weighted by Crippen LogP contribution is 2.22. The van der Waals surface area contributed by atoms with Gasteiger partial charge in [-0.15, -0.1) is 0 Å². The van der Waals surface area contributed by atoms with E-state index in [1.54, 1.807) is 7.05 Å². The number of hydrogen-bond acceptors (Lipinski definition) is 4. The van der Waals surface area contributed by atoms with E-state index in [0.29, 0.717) is 5.82 Å². The van der Waals surface area contributed by atoms with Gasteiger partial charge in [0, 0.05) is 24.3 Å². The zero-order chi connectivity index (χ0) is 15.5. The zero-order valence-electron chi connectivity index (χ0n) is 11.1. The average molecular weight is 391 g/mol. The zero-order valence-corrected chi connectivity index (χ0v) is 14.3. The number of halogens is 2. The SMILES string of the molecule is CNc1ncc(S(=O)(=O)NCc2ccc(Br)cc2)cc1Cl. The minimum Gasteiger partial charge on any atom is -0.372 e. The summed E-state index contributed by atoms with van der Waals surface area (Å²) in [5.41, 5.74) is 0.854. The second kappa shape index (κ2) is 6.74. The summed E-state index contributed by atoms with van der Waals surface area (Å²) in [4.78, 5) is 3.99. The Balaban J connectivity index is 2.14. The molecule has 2 N–H and O–H groups in total. The van der Waals surface area contributed by atoms with Gasteiger partial charge in [-0.1, -0.05) is 39.7 Å². The van der Waals surface area contributed by atoms with Crippen LogP contribution in [-0.2, 0) is 16.6 Å². The number of aromatic nitrogens is 1. The first-order chi connectivity index (χ1) is 9.92. The molecule has 1 aromatic carbocycles. The van der Waals surface area contributed by atoms with E-state index < -0.39 is 10.0 Å². The van der Waals surface area contributed by atoms with Crippen LogP contribution in [0.2, 0.25) is 5.02 Å². The van der Waals surface area contributed by atoms with Crippen molar-refractivity contribution in [2.75, 3.05) is 12.4 Å². The Hall–Kier alpha value is -1.15. The van der Waals surface area contributed by atoms with Crippen molar-refractivity contribution < 1.29 is 8.42 Å². The average Bonchev–Trinajstić information content (AvgIpc) is 2.46. The van der Waals surface area contributed by atoms with E-state index in [-0.39, 0.29) is 16.5 Å². The van der Waals surface area contributed by atoms with Crippen LogP contribution in [0.1, 0.15) is 5.56 Å². The maximum absolute atomic E-state index is 12.2. The van der Waals surface area contributed by atoms with Gasteiger partial charge in [0.2, 0.25) is 10.0 Å². The predicted molar refractivity (Wildman–Crippen MR) is 87.0 cm³/mol. The molecule has 5 nitrogen and oxygen atoms in total. The van der Waals surface area contributed by atoms with Gasteiger partial charge >= 0.3 is 0 Å². The maximum atomic E-state index is 12.2. The molecule has 2 rings (SSSR count). The van der Waals surface area contributed by atoms with Crippen LogP contribution < -0.4 is 10.0 Å². The Kier molecular flexibility index (Phi) is 5.21. The Morgan fingerprint density at radius 3 is 2.52 bits per heavy atom. The molecule has 112 valence electrons. The first-order valence-electron chi connectivity index (χ1n) is 6.00. The fourth-order valence-electron chi connectivity index (χ4n) is 1.62. The number of sulfonamides is 1. The number of benzene rings is 1. The van der Waals surface area contributed by atoms with Crippen LogP contribution in [0, 0.1) is 0 Å². The molecule has 0 atom stereocenters. The van der Waals surface area contributed by atoms with Crippen molar-refractivity contribution in [3.8, 4) is 0 Å². The lowest BCUT2D eigenvalue weighted by Gasteiger charge is -2.08. The summed E-state index contributed by atoms with van der Waals surface area (Å²) in [6.07, 6.45) is 1.27. The first kappa shape index (κ1) is 16.2. The van der Waals surface area contributed by atoms with Gasteiger partial charge in [0.1, 0.15) is 10.7 Å². The van der Waals surface area contributed by atoms with Crippen LogP contribution in [0.3, 0.4) is 0 Å². The Morgan fingerprint density at radius 1 is 1.29 bits per heavy atom. The number of hydrogen-bond donors (Lipinski definition) is 2. The van der Waals surface area contributed by atoms with Gasteiger partial charge in [-0.25, -0.2) is 18.1 Å². The Bertz CT molecular complexity index is 736. The quantitative estimate of drug-likeness (QED) is 0.823. The van der Waals surface area contributed by atoms with E-state index >= 15 is 0 Å². The van der Waals surface area contributed by atoms with Crippen LogP contribution in [0.25, 0.3) is 0 Å². The number of anilines is 1. The molecule has 0 saturated carbocycles. The van der Waals surface area contributed by atoms with Crippen LogP contribution in [0.15, 0.2) is 45.9 Å². The molecule has 0 bridgehead atoms. The molecule has 1 aromatic heterocycles. The van der Waals surface area contributed by atoms with Crippen LogP contribution in [0.4, 0.5) is 5.82 Å². The van der Waals surface area contributed by atoms with Crippen molar-refractivity contribution in [2.45, 2.75) is 11.4 Å². The summed E-state index contributed by atoms with van der Waals surface area (Å²) >= 11 is 9.27. The fourth-order valence-corrected chi connectivity index (χ4v) is 3.19. The number of pyridine rings is 1. The largest absolute Gasteiger partial charge is 0.372 e. The lowest BCUT2D eigenvalue weighted by molar-refractivity contribution is 0.581. The molecule has 0 fully saturated rings. The van der Waals surface area contributed by atoms with Crippen molar-refractivity contribution in [3.05, 3.63) is 51.6 Å². The van der Waals surface area contributed by atoms with E-state index in [4.69, 9.17) is 11.6 Å². The third kappa shape index (κ3) is 4.16. The number of nitrogens with one attached hydrogen (secondary N) is 2. The molecule has 0 amide bonds. The minimum atomic E-state index is -3.65. The highest BCUT2D eigenvalue weighted by atomic mass is 79.9. The molecular formula is C13H13BrClN3O2S. The van der Waals surface area contributed by atoms with Crippen molar-refractivity contribution in [1.29, 1.82) is 0 Å². The molecule has 8 heteroatoms. The summed E-state index contributed by atoms with van der Waals surface area (Å²) in [7, 11) is -1.99. The molecule has 0 aliphatic carbocycles. The monoisotopic (exact) mass is 389 g/mol.